The van der Waals surface area contributed by atoms with E-state index >= 15 is 0 Å². The summed E-state index contributed by atoms with van der Waals surface area (Å²) in [5.74, 6) is 0.771. The fraction of sp³-hybridized carbons (Fsp3) is 0.333. The van der Waals surface area contributed by atoms with E-state index in [0.717, 1.165) is 12.0 Å². The van der Waals surface area contributed by atoms with Crippen molar-refractivity contribution in [2.24, 2.45) is 0 Å². The fourth-order valence-electron chi connectivity index (χ4n) is 3.28. The number of amides is 2. The summed E-state index contributed by atoms with van der Waals surface area (Å²) < 4.78 is 10.5. The lowest BCUT2D eigenvalue weighted by Crippen LogP contribution is -2.45. The van der Waals surface area contributed by atoms with Gasteiger partial charge in [0, 0.05) is 24.7 Å². The van der Waals surface area contributed by atoms with Crippen LogP contribution in [0.5, 0.6) is 11.5 Å². The molecule has 1 heterocycles. The van der Waals surface area contributed by atoms with Crippen molar-refractivity contribution >= 4 is 11.8 Å². The van der Waals surface area contributed by atoms with Gasteiger partial charge in [-0.1, -0.05) is 30.3 Å². The van der Waals surface area contributed by atoms with E-state index < -0.39 is 6.04 Å². The molecule has 2 aromatic carbocycles. The SMILES string of the molecule is COc1cc(OC)cc(C(=O)N2CCC[C@@H]2C(=O)NCc2ccccc2)c1. The second-order valence-electron chi connectivity index (χ2n) is 6.46. The first-order chi connectivity index (χ1) is 13.1. The topological polar surface area (TPSA) is 67.9 Å². The minimum atomic E-state index is -0.460. The van der Waals surface area contributed by atoms with Crippen LogP contribution >= 0.6 is 0 Å². The van der Waals surface area contributed by atoms with Gasteiger partial charge in [0.05, 0.1) is 14.2 Å². The fourth-order valence-corrected chi connectivity index (χ4v) is 3.28. The van der Waals surface area contributed by atoms with Crippen molar-refractivity contribution in [3.8, 4) is 11.5 Å². The number of nitrogens with zero attached hydrogens (tertiary/aromatic N) is 1. The number of ether oxygens (including phenoxy) is 2. The van der Waals surface area contributed by atoms with E-state index in [1.54, 1.807) is 37.3 Å². The van der Waals surface area contributed by atoms with E-state index in [4.69, 9.17) is 9.47 Å². The Morgan fingerprint density at radius 1 is 1.07 bits per heavy atom. The minimum Gasteiger partial charge on any atom is -0.497 e. The molecule has 0 spiro atoms. The number of hydrogen-bond acceptors (Lipinski definition) is 4. The highest BCUT2D eigenvalue weighted by molar-refractivity contribution is 5.98. The van der Waals surface area contributed by atoms with E-state index in [9.17, 15) is 9.59 Å². The Hall–Kier alpha value is -3.02. The molecule has 1 aliphatic rings. The zero-order chi connectivity index (χ0) is 19.2. The number of rotatable bonds is 6. The molecular weight excluding hydrogens is 344 g/mol. The third-order valence-electron chi connectivity index (χ3n) is 4.72. The largest absolute Gasteiger partial charge is 0.497 e. The van der Waals surface area contributed by atoms with Crippen LogP contribution in [0.1, 0.15) is 28.8 Å². The predicted molar refractivity (Wildman–Crippen MR) is 102 cm³/mol. The number of hydrogen-bond donors (Lipinski definition) is 1. The molecule has 0 aromatic heterocycles. The molecule has 2 amide bonds. The molecule has 0 aliphatic carbocycles. The molecule has 1 fully saturated rings. The third kappa shape index (κ3) is 4.39. The van der Waals surface area contributed by atoms with Crippen LogP contribution in [0.4, 0.5) is 0 Å². The lowest BCUT2D eigenvalue weighted by molar-refractivity contribution is -0.125. The van der Waals surface area contributed by atoms with Crippen LogP contribution in [0.25, 0.3) is 0 Å². The highest BCUT2D eigenvalue weighted by atomic mass is 16.5. The quantitative estimate of drug-likeness (QED) is 0.851. The van der Waals surface area contributed by atoms with Gasteiger partial charge in [-0.25, -0.2) is 0 Å². The first-order valence-corrected chi connectivity index (χ1v) is 8.98. The lowest BCUT2D eigenvalue weighted by Gasteiger charge is -2.24. The van der Waals surface area contributed by atoms with Gasteiger partial charge in [0.25, 0.3) is 5.91 Å². The van der Waals surface area contributed by atoms with Gasteiger partial charge in [-0.05, 0) is 30.5 Å². The number of carbonyl (C=O) groups is 2. The standard InChI is InChI=1S/C21H24N2O4/c1-26-17-11-16(12-18(13-17)27-2)21(25)23-10-6-9-19(23)20(24)22-14-15-7-4-3-5-8-15/h3-5,7-8,11-13,19H,6,9-10,14H2,1-2H3,(H,22,24)/t19-/m1/s1. The highest BCUT2D eigenvalue weighted by Crippen LogP contribution is 2.26. The van der Waals surface area contributed by atoms with E-state index in [1.165, 1.54) is 0 Å². The second kappa shape index (κ2) is 8.58. The van der Waals surface area contributed by atoms with Crippen LogP contribution in [0.3, 0.4) is 0 Å². The summed E-state index contributed by atoms with van der Waals surface area (Å²) in [4.78, 5) is 27.3. The van der Waals surface area contributed by atoms with Crippen molar-refractivity contribution in [3.63, 3.8) is 0 Å². The Labute approximate surface area is 159 Å². The Bertz CT molecular complexity index is 785. The zero-order valence-corrected chi connectivity index (χ0v) is 15.6. The molecule has 27 heavy (non-hydrogen) atoms. The molecule has 3 rings (SSSR count). The number of benzene rings is 2. The predicted octanol–water partition coefficient (Wildman–Crippen LogP) is 2.62. The lowest BCUT2D eigenvalue weighted by atomic mass is 10.1. The first kappa shape index (κ1) is 18.8. The summed E-state index contributed by atoms with van der Waals surface area (Å²) in [6.45, 7) is 1.01. The molecule has 142 valence electrons. The molecule has 6 nitrogen and oxygen atoms in total. The highest BCUT2D eigenvalue weighted by Gasteiger charge is 2.34. The van der Waals surface area contributed by atoms with Gasteiger partial charge < -0.3 is 19.7 Å². The maximum absolute atomic E-state index is 13.0. The molecule has 1 saturated heterocycles. The Balaban J connectivity index is 1.71. The molecule has 0 saturated carbocycles. The van der Waals surface area contributed by atoms with Gasteiger partial charge in [-0.15, -0.1) is 0 Å². The van der Waals surface area contributed by atoms with Crippen molar-refractivity contribution < 1.29 is 19.1 Å². The van der Waals surface area contributed by atoms with E-state index in [2.05, 4.69) is 5.32 Å². The molecule has 1 aliphatic heterocycles. The summed E-state index contributed by atoms with van der Waals surface area (Å²) >= 11 is 0. The van der Waals surface area contributed by atoms with Crippen molar-refractivity contribution in [1.29, 1.82) is 0 Å². The molecule has 1 N–H and O–H groups in total. The van der Waals surface area contributed by atoms with Crippen molar-refractivity contribution in [2.45, 2.75) is 25.4 Å². The van der Waals surface area contributed by atoms with Crippen LogP contribution in [-0.4, -0.2) is 43.5 Å². The van der Waals surface area contributed by atoms with E-state index in [0.29, 0.717) is 36.6 Å². The van der Waals surface area contributed by atoms with Gasteiger partial charge in [0.2, 0.25) is 5.91 Å². The number of carbonyl (C=O) groups excluding carboxylic acids is 2. The summed E-state index contributed by atoms with van der Waals surface area (Å²) in [6, 6.07) is 14.3. The monoisotopic (exact) mass is 368 g/mol. The van der Waals surface area contributed by atoms with Crippen molar-refractivity contribution in [2.75, 3.05) is 20.8 Å². The average Bonchev–Trinajstić information content (AvgIpc) is 3.21. The minimum absolute atomic E-state index is 0.125. The smallest absolute Gasteiger partial charge is 0.254 e. The summed E-state index contributed by atoms with van der Waals surface area (Å²) in [5, 5.41) is 2.94. The number of likely N-dealkylation sites (tertiary alicyclic amines) is 1. The molecule has 0 bridgehead atoms. The average molecular weight is 368 g/mol. The van der Waals surface area contributed by atoms with Gasteiger partial charge in [0.15, 0.2) is 0 Å². The van der Waals surface area contributed by atoms with Crippen LogP contribution in [-0.2, 0) is 11.3 Å². The van der Waals surface area contributed by atoms with Crippen molar-refractivity contribution in [3.05, 3.63) is 59.7 Å². The van der Waals surface area contributed by atoms with Crippen LogP contribution in [0.15, 0.2) is 48.5 Å². The molecular formula is C21H24N2O4. The van der Waals surface area contributed by atoms with Gasteiger partial charge >= 0.3 is 0 Å². The van der Waals surface area contributed by atoms with E-state index in [1.807, 2.05) is 30.3 Å². The normalized spacial score (nSPS) is 16.1. The zero-order valence-electron chi connectivity index (χ0n) is 15.6. The Kier molecular flexibility index (Phi) is 5.96. The second-order valence-corrected chi connectivity index (χ2v) is 6.46. The Morgan fingerprint density at radius 2 is 1.74 bits per heavy atom. The van der Waals surface area contributed by atoms with Crippen LogP contribution in [0, 0.1) is 0 Å². The number of nitrogens with one attached hydrogen (secondary N) is 1. The van der Waals surface area contributed by atoms with Gasteiger partial charge in [-0.2, -0.15) is 0 Å². The van der Waals surface area contributed by atoms with Crippen LogP contribution in [0.2, 0.25) is 0 Å². The maximum Gasteiger partial charge on any atom is 0.254 e. The summed E-state index contributed by atoms with van der Waals surface area (Å²) in [6.07, 6.45) is 1.46. The number of methoxy groups -OCH3 is 2. The third-order valence-corrected chi connectivity index (χ3v) is 4.72. The van der Waals surface area contributed by atoms with E-state index in [-0.39, 0.29) is 11.8 Å². The summed E-state index contributed by atoms with van der Waals surface area (Å²) in [5.41, 5.74) is 1.48. The van der Waals surface area contributed by atoms with Crippen molar-refractivity contribution in [1.82, 2.24) is 10.2 Å². The van der Waals surface area contributed by atoms with Gasteiger partial charge in [0.1, 0.15) is 17.5 Å². The Morgan fingerprint density at radius 3 is 2.37 bits per heavy atom. The molecule has 0 unspecified atom stereocenters. The summed E-state index contributed by atoms with van der Waals surface area (Å²) in [7, 11) is 3.08. The molecule has 6 heteroatoms. The van der Waals surface area contributed by atoms with Gasteiger partial charge in [-0.3, -0.25) is 9.59 Å². The molecule has 1 atom stereocenters. The van der Waals surface area contributed by atoms with Crippen LogP contribution < -0.4 is 14.8 Å². The molecule has 2 aromatic rings. The maximum atomic E-state index is 13.0. The molecule has 0 radical (unpaired) electrons. The first-order valence-electron chi connectivity index (χ1n) is 8.98.